The minimum absolute atomic E-state index is 0.152. The van der Waals surface area contributed by atoms with Gasteiger partial charge in [0.05, 0.1) is 12.3 Å². The molecule has 0 aliphatic heterocycles. The van der Waals surface area contributed by atoms with Crippen LogP contribution in [0.15, 0.2) is 24.3 Å². The number of hydrogen-bond donors (Lipinski definition) is 1. The highest BCUT2D eigenvalue weighted by molar-refractivity contribution is 5.90. The summed E-state index contributed by atoms with van der Waals surface area (Å²) >= 11 is 0. The summed E-state index contributed by atoms with van der Waals surface area (Å²) in [6, 6.07) is 5.85. The molecule has 0 heterocycles. The van der Waals surface area contributed by atoms with E-state index in [1.165, 1.54) is 0 Å². The fourth-order valence-corrected chi connectivity index (χ4v) is 1.12. The Bertz CT molecular complexity index is 402. The van der Waals surface area contributed by atoms with E-state index in [1.54, 1.807) is 31.2 Å². The molecule has 0 atom stereocenters. The summed E-state index contributed by atoms with van der Waals surface area (Å²) in [4.78, 5) is 26.9. The number of rotatable bonds is 2. The summed E-state index contributed by atoms with van der Waals surface area (Å²) in [5.74, 6) is 0. The van der Waals surface area contributed by atoms with Crippen LogP contribution in [-0.4, -0.2) is 18.8 Å². The van der Waals surface area contributed by atoms with Crippen LogP contribution in [0.3, 0.4) is 0 Å². The number of anilines is 1. The number of carbonyl (C=O) groups excluding carboxylic acids is 2. The minimum atomic E-state index is -0.980. The maximum Gasteiger partial charge on any atom is 0.533 e. The summed E-state index contributed by atoms with van der Waals surface area (Å²) < 4.78 is 4.56. The number of primary amides is 1. The minimum Gasteiger partial charge on any atom is -0.433 e. The van der Waals surface area contributed by atoms with Crippen molar-refractivity contribution in [2.24, 2.45) is 5.73 Å². The quantitative estimate of drug-likeness (QED) is 0.630. The molecule has 0 bridgehead atoms. The number of hydroxylamine groups is 1. The number of ether oxygens (including phenoxy) is 1. The molecule has 0 saturated carbocycles. The third kappa shape index (κ3) is 3.67. The second-order valence-electron chi connectivity index (χ2n) is 3.24. The predicted molar refractivity (Wildman–Crippen MR) is 61.3 cm³/mol. The van der Waals surface area contributed by atoms with Gasteiger partial charge in [-0.3, -0.25) is 4.84 Å². The van der Waals surface area contributed by atoms with Crippen molar-refractivity contribution < 1.29 is 19.2 Å². The van der Waals surface area contributed by atoms with Crippen LogP contribution in [0.25, 0.3) is 0 Å². The van der Waals surface area contributed by atoms with Crippen molar-refractivity contribution in [1.82, 2.24) is 0 Å². The van der Waals surface area contributed by atoms with E-state index < -0.39 is 12.2 Å². The van der Waals surface area contributed by atoms with Crippen molar-refractivity contribution in [3.05, 3.63) is 29.8 Å². The zero-order chi connectivity index (χ0) is 12.8. The van der Waals surface area contributed by atoms with E-state index in [0.29, 0.717) is 10.8 Å². The first-order chi connectivity index (χ1) is 8.04. The van der Waals surface area contributed by atoms with E-state index in [0.717, 1.165) is 5.56 Å². The summed E-state index contributed by atoms with van der Waals surface area (Å²) in [7, 11) is 0. The van der Waals surface area contributed by atoms with Gasteiger partial charge in [0.1, 0.15) is 0 Å². The Morgan fingerprint density at radius 1 is 1.29 bits per heavy atom. The van der Waals surface area contributed by atoms with Gasteiger partial charge in [-0.05, 0) is 26.0 Å². The standard InChI is InChI=1S/C11H14N2O4/c1-3-16-11(15)17-13(10(12)14)9-6-4-8(2)5-7-9/h4-7H,3H2,1-2H3,(H2,12,14). The lowest BCUT2D eigenvalue weighted by Crippen LogP contribution is -2.37. The number of hydrogen-bond acceptors (Lipinski definition) is 4. The monoisotopic (exact) mass is 238 g/mol. The molecule has 0 aliphatic carbocycles. The number of nitrogens with two attached hydrogens (primary N) is 1. The van der Waals surface area contributed by atoms with Gasteiger partial charge in [0.2, 0.25) is 0 Å². The van der Waals surface area contributed by atoms with E-state index >= 15 is 0 Å². The highest BCUT2D eigenvalue weighted by Crippen LogP contribution is 2.15. The third-order valence-corrected chi connectivity index (χ3v) is 1.90. The summed E-state index contributed by atoms with van der Waals surface area (Å²) in [5, 5.41) is 0.678. The van der Waals surface area contributed by atoms with Gasteiger partial charge < -0.3 is 10.5 Å². The van der Waals surface area contributed by atoms with Crippen molar-refractivity contribution in [2.75, 3.05) is 11.7 Å². The van der Waals surface area contributed by atoms with E-state index in [4.69, 9.17) is 5.73 Å². The van der Waals surface area contributed by atoms with E-state index in [9.17, 15) is 9.59 Å². The SMILES string of the molecule is CCOC(=O)ON(C(N)=O)c1ccc(C)cc1. The molecule has 0 saturated heterocycles. The Labute approximate surface area is 98.9 Å². The summed E-state index contributed by atoms with van der Waals surface area (Å²) in [6.45, 7) is 3.67. The maximum absolute atomic E-state index is 11.1. The Hall–Kier alpha value is -2.24. The Morgan fingerprint density at radius 3 is 2.35 bits per heavy atom. The van der Waals surface area contributed by atoms with Crippen LogP contribution < -0.4 is 10.8 Å². The van der Waals surface area contributed by atoms with Gasteiger partial charge in [-0.15, -0.1) is 5.06 Å². The maximum atomic E-state index is 11.1. The number of urea groups is 1. The van der Waals surface area contributed by atoms with Gasteiger partial charge in [0.25, 0.3) is 0 Å². The van der Waals surface area contributed by atoms with E-state index in [2.05, 4.69) is 9.57 Å². The second-order valence-corrected chi connectivity index (χ2v) is 3.24. The van der Waals surface area contributed by atoms with Gasteiger partial charge in [-0.25, -0.2) is 9.59 Å². The topological polar surface area (TPSA) is 81.9 Å². The van der Waals surface area contributed by atoms with Crippen LogP contribution in [0.4, 0.5) is 15.3 Å². The van der Waals surface area contributed by atoms with Crippen LogP contribution >= 0.6 is 0 Å². The van der Waals surface area contributed by atoms with Gasteiger partial charge in [-0.1, -0.05) is 17.7 Å². The molecule has 0 fully saturated rings. The third-order valence-electron chi connectivity index (χ3n) is 1.90. The molecular formula is C11H14N2O4. The lowest BCUT2D eigenvalue weighted by atomic mass is 10.2. The van der Waals surface area contributed by atoms with Crippen molar-refractivity contribution in [3.63, 3.8) is 0 Å². The average Bonchev–Trinajstić information content (AvgIpc) is 2.27. The normalized spacial score (nSPS) is 9.53. The number of amides is 2. The first-order valence-electron chi connectivity index (χ1n) is 5.05. The smallest absolute Gasteiger partial charge is 0.433 e. The van der Waals surface area contributed by atoms with Crippen molar-refractivity contribution >= 4 is 17.9 Å². The first kappa shape index (κ1) is 12.8. The number of aryl methyl sites for hydroxylation is 1. The van der Waals surface area contributed by atoms with E-state index in [1.807, 2.05) is 6.92 Å². The summed E-state index contributed by atoms with van der Waals surface area (Å²) in [5.41, 5.74) is 6.47. The summed E-state index contributed by atoms with van der Waals surface area (Å²) in [6.07, 6.45) is -0.980. The van der Waals surface area contributed by atoms with Crippen LogP contribution in [0.1, 0.15) is 12.5 Å². The second kappa shape index (κ2) is 5.74. The van der Waals surface area contributed by atoms with Gasteiger partial charge in [-0.2, -0.15) is 0 Å². The molecule has 17 heavy (non-hydrogen) atoms. The van der Waals surface area contributed by atoms with Crippen LogP contribution in [-0.2, 0) is 9.57 Å². The largest absolute Gasteiger partial charge is 0.533 e. The fourth-order valence-electron chi connectivity index (χ4n) is 1.12. The Balaban J connectivity index is 2.82. The van der Waals surface area contributed by atoms with Crippen molar-refractivity contribution in [2.45, 2.75) is 13.8 Å². The highest BCUT2D eigenvalue weighted by Gasteiger charge is 2.18. The van der Waals surface area contributed by atoms with Gasteiger partial charge in [0.15, 0.2) is 0 Å². The van der Waals surface area contributed by atoms with Crippen LogP contribution in [0.2, 0.25) is 0 Å². The molecule has 6 heteroatoms. The fraction of sp³-hybridized carbons (Fsp3) is 0.273. The zero-order valence-electron chi connectivity index (χ0n) is 9.67. The molecule has 0 aliphatic rings. The average molecular weight is 238 g/mol. The molecule has 0 spiro atoms. The van der Waals surface area contributed by atoms with Crippen molar-refractivity contribution in [3.8, 4) is 0 Å². The van der Waals surface area contributed by atoms with Crippen LogP contribution in [0, 0.1) is 6.92 Å². The lowest BCUT2D eigenvalue weighted by molar-refractivity contribution is 0.0561. The predicted octanol–water partition coefficient (Wildman–Crippen LogP) is 1.97. The van der Waals surface area contributed by atoms with Crippen molar-refractivity contribution in [1.29, 1.82) is 0 Å². The molecule has 92 valence electrons. The molecule has 0 radical (unpaired) electrons. The van der Waals surface area contributed by atoms with Crippen LogP contribution in [0.5, 0.6) is 0 Å². The first-order valence-corrected chi connectivity index (χ1v) is 5.05. The Morgan fingerprint density at radius 2 is 1.88 bits per heavy atom. The number of benzene rings is 1. The lowest BCUT2D eigenvalue weighted by Gasteiger charge is -2.18. The molecule has 2 N–H and O–H groups in total. The molecular weight excluding hydrogens is 224 g/mol. The Kier molecular flexibility index (Phi) is 4.33. The molecule has 0 aromatic heterocycles. The zero-order valence-corrected chi connectivity index (χ0v) is 9.67. The molecule has 2 amide bonds. The van der Waals surface area contributed by atoms with Gasteiger partial charge in [0, 0.05) is 0 Å². The molecule has 1 aromatic carbocycles. The molecule has 1 aromatic rings. The highest BCUT2D eigenvalue weighted by atomic mass is 16.8. The van der Waals surface area contributed by atoms with E-state index in [-0.39, 0.29) is 6.61 Å². The van der Waals surface area contributed by atoms with Gasteiger partial charge >= 0.3 is 12.2 Å². The number of carbonyl (C=O) groups is 2. The number of nitrogens with zero attached hydrogens (tertiary/aromatic N) is 1. The molecule has 1 rings (SSSR count). The molecule has 0 unspecified atom stereocenters. The molecule has 6 nitrogen and oxygen atoms in total.